The Morgan fingerprint density at radius 2 is 1.95 bits per heavy atom. The van der Waals surface area contributed by atoms with Crippen molar-refractivity contribution in [2.24, 2.45) is 5.73 Å². The highest BCUT2D eigenvalue weighted by Gasteiger charge is 2.31. The zero-order valence-electron chi connectivity index (χ0n) is 11.5. The van der Waals surface area contributed by atoms with Crippen molar-refractivity contribution in [3.05, 3.63) is 35.9 Å². The highest BCUT2D eigenvalue weighted by molar-refractivity contribution is 5.90. The van der Waals surface area contributed by atoms with Crippen molar-refractivity contribution in [2.75, 3.05) is 7.11 Å². The van der Waals surface area contributed by atoms with Gasteiger partial charge < -0.3 is 15.8 Å². The van der Waals surface area contributed by atoms with Crippen LogP contribution in [0.1, 0.15) is 31.9 Å². The summed E-state index contributed by atoms with van der Waals surface area (Å²) in [7, 11) is 1.28. The molecule has 1 aromatic rings. The van der Waals surface area contributed by atoms with E-state index in [1.165, 1.54) is 7.11 Å². The first-order chi connectivity index (χ1) is 8.92. The van der Waals surface area contributed by atoms with E-state index in [-0.39, 0.29) is 5.91 Å². The molecule has 5 heteroatoms. The molecular weight excluding hydrogens is 244 g/mol. The molecule has 0 spiro atoms. The Hall–Kier alpha value is -1.88. The van der Waals surface area contributed by atoms with Crippen molar-refractivity contribution in [3.63, 3.8) is 0 Å². The summed E-state index contributed by atoms with van der Waals surface area (Å²) in [6.45, 7) is 3.44. The zero-order chi connectivity index (χ0) is 14.5. The van der Waals surface area contributed by atoms with Gasteiger partial charge in [0.05, 0.1) is 12.6 Å². The summed E-state index contributed by atoms with van der Waals surface area (Å²) in [6.07, 6.45) is 0.474. The first-order valence-corrected chi connectivity index (χ1v) is 6.15. The molecule has 0 aliphatic heterocycles. The second kappa shape index (κ2) is 6.33. The third-order valence-corrected chi connectivity index (χ3v) is 3.10. The van der Waals surface area contributed by atoms with E-state index in [1.807, 2.05) is 13.0 Å². The van der Waals surface area contributed by atoms with E-state index < -0.39 is 17.6 Å². The van der Waals surface area contributed by atoms with Gasteiger partial charge in [-0.1, -0.05) is 37.3 Å². The molecule has 0 saturated heterocycles. The Labute approximate surface area is 113 Å². The Morgan fingerprint density at radius 1 is 1.37 bits per heavy atom. The predicted octanol–water partition coefficient (Wildman–Crippen LogP) is 1.14. The highest BCUT2D eigenvalue weighted by Crippen LogP contribution is 2.16. The number of methoxy groups -OCH3 is 1. The number of ether oxygens (including phenoxy) is 1. The molecule has 0 bridgehead atoms. The molecule has 0 saturated carbocycles. The normalized spacial score (nSPS) is 15.2. The van der Waals surface area contributed by atoms with Crippen molar-refractivity contribution < 1.29 is 14.3 Å². The molecule has 5 nitrogen and oxygen atoms in total. The molecule has 0 aromatic heterocycles. The molecule has 0 heterocycles. The first-order valence-electron chi connectivity index (χ1n) is 6.15. The molecule has 2 atom stereocenters. The number of carbonyl (C=O) groups excluding carboxylic acids is 2. The van der Waals surface area contributed by atoms with Crippen molar-refractivity contribution in [1.29, 1.82) is 0 Å². The van der Waals surface area contributed by atoms with Gasteiger partial charge in [-0.2, -0.15) is 0 Å². The van der Waals surface area contributed by atoms with E-state index in [0.29, 0.717) is 12.0 Å². The van der Waals surface area contributed by atoms with Gasteiger partial charge in [0.25, 0.3) is 0 Å². The molecule has 1 aromatic carbocycles. The number of amides is 1. The molecule has 0 aliphatic carbocycles. The summed E-state index contributed by atoms with van der Waals surface area (Å²) < 4.78 is 4.72. The van der Waals surface area contributed by atoms with Crippen LogP contribution < -0.4 is 11.1 Å². The van der Waals surface area contributed by atoms with Crippen LogP contribution in [0.4, 0.5) is 0 Å². The maximum Gasteiger partial charge on any atom is 0.333 e. The van der Waals surface area contributed by atoms with Crippen LogP contribution in [-0.2, 0) is 14.3 Å². The number of benzene rings is 1. The van der Waals surface area contributed by atoms with E-state index in [9.17, 15) is 9.59 Å². The Bertz CT molecular complexity index is 443. The third-order valence-electron chi connectivity index (χ3n) is 3.10. The van der Waals surface area contributed by atoms with Gasteiger partial charge in [0.2, 0.25) is 5.91 Å². The summed E-state index contributed by atoms with van der Waals surface area (Å²) in [4.78, 5) is 23.8. The lowest BCUT2D eigenvalue weighted by molar-refractivity contribution is -0.146. The van der Waals surface area contributed by atoms with Crippen LogP contribution in [-0.4, -0.2) is 24.5 Å². The highest BCUT2D eigenvalue weighted by atomic mass is 16.5. The van der Waals surface area contributed by atoms with Gasteiger partial charge in [0, 0.05) is 0 Å². The van der Waals surface area contributed by atoms with Crippen LogP contribution in [0.25, 0.3) is 0 Å². The summed E-state index contributed by atoms with van der Waals surface area (Å²) in [6, 6.07) is 8.08. The standard InChI is InChI=1S/C14H20N2O3/c1-4-14(2,15)13(18)16-11(12(17)19-3)10-8-6-5-7-9-10/h5-9,11H,4,15H2,1-3H3,(H,16,18). The van der Waals surface area contributed by atoms with Crippen LogP contribution in [0, 0.1) is 0 Å². The van der Waals surface area contributed by atoms with Gasteiger partial charge in [-0.05, 0) is 18.9 Å². The SMILES string of the molecule is CCC(C)(N)C(=O)NC(C(=O)OC)c1ccccc1. The summed E-state index contributed by atoms with van der Waals surface area (Å²) in [5.74, 6) is -0.902. The Morgan fingerprint density at radius 3 is 2.42 bits per heavy atom. The number of nitrogens with two attached hydrogens (primary N) is 1. The molecule has 0 fully saturated rings. The topological polar surface area (TPSA) is 81.4 Å². The van der Waals surface area contributed by atoms with E-state index in [4.69, 9.17) is 10.5 Å². The average molecular weight is 264 g/mol. The number of hydrogen-bond acceptors (Lipinski definition) is 4. The summed E-state index contributed by atoms with van der Waals surface area (Å²) >= 11 is 0. The summed E-state index contributed by atoms with van der Waals surface area (Å²) in [5.41, 5.74) is 5.51. The van der Waals surface area contributed by atoms with Gasteiger partial charge in [-0.15, -0.1) is 0 Å². The van der Waals surface area contributed by atoms with Crippen molar-refractivity contribution in [1.82, 2.24) is 5.32 Å². The predicted molar refractivity (Wildman–Crippen MR) is 72.2 cm³/mol. The molecule has 1 amide bonds. The second-order valence-corrected chi connectivity index (χ2v) is 4.61. The van der Waals surface area contributed by atoms with Crippen LogP contribution in [0.5, 0.6) is 0 Å². The van der Waals surface area contributed by atoms with E-state index >= 15 is 0 Å². The molecule has 2 unspecified atom stereocenters. The van der Waals surface area contributed by atoms with Crippen molar-refractivity contribution >= 4 is 11.9 Å². The zero-order valence-corrected chi connectivity index (χ0v) is 11.5. The number of hydrogen-bond donors (Lipinski definition) is 2. The average Bonchev–Trinajstić information content (AvgIpc) is 2.44. The maximum atomic E-state index is 12.1. The molecule has 0 radical (unpaired) electrons. The van der Waals surface area contributed by atoms with Crippen LogP contribution in [0.15, 0.2) is 30.3 Å². The third kappa shape index (κ3) is 3.79. The molecule has 19 heavy (non-hydrogen) atoms. The van der Waals surface area contributed by atoms with Crippen LogP contribution in [0.3, 0.4) is 0 Å². The van der Waals surface area contributed by atoms with Crippen molar-refractivity contribution in [3.8, 4) is 0 Å². The largest absolute Gasteiger partial charge is 0.467 e. The lowest BCUT2D eigenvalue weighted by atomic mass is 9.98. The minimum Gasteiger partial charge on any atom is -0.467 e. The van der Waals surface area contributed by atoms with Gasteiger partial charge in [0.15, 0.2) is 6.04 Å². The van der Waals surface area contributed by atoms with Crippen LogP contribution in [0.2, 0.25) is 0 Å². The fraction of sp³-hybridized carbons (Fsp3) is 0.429. The van der Waals surface area contributed by atoms with Gasteiger partial charge in [-0.3, -0.25) is 4.79 Å². The lowest BCUT2D eigenvalue weighted by Crippen LogP contribution is -2.53. The number of esters is 1. The number of nitrogens with one attached hydrogen (secondary N) is 1. The molecule has 3 N–H and O–H groups in total. The molecular formula is C14H20N2O3. The van der Waals surface area contributed by atoms with E-state index in [1.54, 1.807) is 31.2 Å². The molecule has 1 rings (SSSR count). The first kappa shape index (κ1) is 15.2. The monoisotopic (exact) mass is 264 g/mol. The van der Waals surface area contributed by atoms with E-state index in [2.05, 4.69) is 5.32 Å². The molecule has 0 aliphatic rings. The van der Waals surface area contributed by atoms with E-state index in [0.717, 1.165) is 0 Å². The Kier molecular flexibility index (Phi) is 5.06. The minimum atomic E-state index is -1.01. The van der Waals surface area contributed by atoms with Crippen molar-refractivity contribution in [2.45, 2.75) is 31.8 Å². The number of rotatable bonds is 5. The van der Waals surface area contributed by atoms with Gasteiger partial charge >= 0.3 is 5.97 Å². The molecule has 104 valence electrons. The number of carbonyl (C=O) groups is 2. The quantitative estimate of drug-likeness (QED) is 0.781. The lowest BCUT2D eigenvalue weighted by Gasteiger charge is -2.25. The minimum absolute atomic E-state index is 0.380. The summed E-state index contributed by atoms with van der Waals surface area (Å²) in [5, 5.41) is 2.64. The fourth-order valence-electron chi connectivity index (χ4n) is 1.50. The van der Waals surface area contributed by atoms with Crippen LogP contribution >= 0.6 is 0 Å². The maximum absolute atomic E-state index is 12.1. The van der Waals surface area contributed by atoms with Gasteiger partial charge in [-0.25, -0.2) is 4.79 Å². The second-order valence-electron chi connectivity index (χ2n) is 4.61. The smallest absolute Gasteiger partial charge is 0.333 e. The fourth-order valence-corrected chi connectivity index (χ4v) is 1.50. The van der Waals surface area contributed by atoms with Gasteiger partial charge in [0.1, 0.15) is 0 Å². The Balaban J connectivity index is 2.95.